The molecule has 1 unspecified atom stereocenters. The Hall–Kier alpha value is -0.860. The third-order valence-corrected chi connectivity index (χ3v) is 5.36. The quantitative estimate of drug-likeness (QED) is 0.896. The van der Waals surface area contributed by atoms with Gasteiger partial charge >= 0.3 is 0 Å². The van der Waals surface area contributed by atoms with E-state index in [9.17, 15) is 0 Å². The molecule has 2 nitrogen and oxygen atoms in total. The molecule has 1 aromatic carbocycles. The van der Waals surface area contributed by atoms with Gasteiger partial charge in [0.25, 0.3) is 0 Å². The lowest BCUT2D eigenvalue weighted by molar-refractivity contribution is 0.0630. The fraction of sp³-hybridized carbons (Fsp3) is 0.684. The zero-order valence-electron chi connectivity index (χ0n) is 14.7. The molecule has 1 aliphatic heterocycles. The van der Waals surface area contributed by atoms with E-state index in [4.69, 9.17) is 0 Å². The molecular weight excluding hydrogens is 256 g/mol. The van der Waals surface area contributed by atoms with Crippen LogP contribution in [0, 0.1) is 20.8 Å². The van der Waals surface area contributed by atoms with E-state index in [1.807, 2.05) is 0 Å². The summed E-state index contributed by atoms with van der Waals surface area (Å²) in [5.74, 6) is 0. The Morgan fingerprint density at radius 1 is 0.952 bits per heavy atom. The molecule has 1 N–H and O–H groups in total. The molecule has 0 spiro atoms. The highest BCUT2D eigenvalue weighted by molar-refractivity contribution is 5.39. The number of hydrogen-bond acceptors (Lipinski definition) is 2. The minimum atomic E-state index is 0.141. The van der Waals surface area contributed by atoms with Gasteiger partial charge < -0.3 is 5.32 Å². The van der Waals surface area contributed by atoms with Gasteiger partial charge in [-0.25, -0.2) is 0 Å². The normalized spacial score (nSPS) is 18.8. The molecule has 0 radical (unpaired) electrons. The molecule has 1 aliphatic rings. The van der Waals surface area contributed by atoms with Crippen molar-refractivity contribution in [3.8, 4) is 0 Å². The van der Waals surface area contributed by atoms with Crippen LogP contribution in [0.4, 0.5) is 0 Å². The van der Waals surface area contributed by atoms with Crippen molar-refractivity contribution in [2.45, 2.75) is 65.5 Å². The van der Waals surface area contributed by atoms with Crippen molar-refractivity contribution in [1.82, 2.24) is 10.2 Å². The summed E-state index contributed by atoms with van der Waals surface area (Å²) in [7, 11) is 2.10. The highest BCUT2D eigenvalue weighted by Crippen LogP contribution is 2.35. The Bertz CT molecular complexity index is 485. The molecule has 2 heteroatoms. The third kappa shape index (κ3) is 3.32. The molecule has 2 rings (SSSR count). The van der Waals surface area contributed by atoms with Crippen LogP contribution in [0.1, 0.15) is 61.4 Å². The fourth-order valence-corrected chi connectivity index (χ4v) is 3.84. The van der Waals surface area contributed by atoms with E-state index in [1.165, 1.54) is 54.6 Å². The van der Waals surface area contributed by atoms with Gasteiger partial charge in [0, 0.05) is 5.54 Å². The maximum atomic E-state index is 3.60. The van der Waals surface area contributed by atoms with Crippen LogP contribution in [0.3, 0.4) is 0 Å². The van der Waals surface area contributed by atoms with E-state index < -0.39 is 0 Å². The van der Waals surface area contributed by atoms with Crippen LogP contribution in [0.2, 0.25) is 0 Å². The molecular formula is C19H32N2. The highest BCUT2D eigenvalue weighted by Gasteiger charge is 2.36. The van der Waals surface area contributed by atoms with Gasteiger partial charge in [0.1, 0.15) is 0 Å². The van der Waals surface area contributed by atoms with Crippen molar-refractivity contribution in [3.05, 3.63) is 34.4 Å². The van der Waals surface area contributed by atoms with Crippen LogP contribution in [0.15, 0.2) is 12.1 Å². The molecule has 0 aliphatic carbocycles. The molecule has 118 valence electrons. The van der Waals surface area contributed by atoms with Gasteiger partial charge in [0.05, 0.1) is 6.04 Å². The Morgan fingerprint density at radius 3 is 2.10 bits per heavy atom. The number of nitrogens with one attached hydrogen (secondary N) is 1. The maximum Gasteiger partial charge on any atom is 0.0502 e. The summed E-state index contributed by atoms with van der Waals surface area (Å²) in [6.45, 7) is 13.9. The molecule has 0 amide bonds. The highest BCUT2D eigenvalue weighted by atomic mass is 15.2. The van der Waals surface area contributed by atoms with E-state index in [1.54, 1.807) is 0 Å². The first-order chi connectivity index (χ1) is 9.87. The molecule has 1 heterocycles. The number of piperidine rings is 1. The number of likely N-dealkylation sites (N-methyl/N-ethyl adjacent to an activating group) is 1. The van der Waals surface area contributed by atoms with Crippen LogP contribution in [0.25, 0.3) is 0 Å². The van der Waals surface area contributed by atoms with Crippen LogP contribution in [-0.4, -0.2) is 30.6 Å². The number of benzene rings is 1. The molecule has 21 heavy (non-hydrogen) atoms. The maximum absolute atomic E-state index is 3.60. The second kappa shape index (κ2) is 6.50. The summed E-state index contributed by atoms with van der Waals surface area (Å²) < 4.78 is 0. The summed E-state index contributed by atoms with van der Waals surface area (Å²) >= 11 is 0. The zero-order valence-corrected chi connectivity index (χ0v) is 14.7. The molecule has 1 fully saturated rings. The van der Waals surface area contributed by atoms with Crippen molar-refractivity contribution in [2.24, 2.45) is 0 Å². The number of aryl methyl sites for hydroxylation is 3. The number of nitrogens with zero attached hydrogens (tertiary/aromatic N) is 1. The van der Waals surface area contributed by atoms with Crippen molar-refractivity contribution in [3.63, 3.8) is 0 Å². The predicted molar refractivity (Wildman–Crippen MR) is 92.0 cm³/mol. The van der Waals surface area contributed by atoms with Gasteiger partial charge in [0.2, 0.25) is 0 Å². The van der Waals surface area contributed by atoms with Crippen molar-refractivity contribution >= 4 is 0 Å². The summed E-state index contributed by atoms with van der Waals surface area (Å²) in [6, 6.07) is 5.09. The number of likely N-dealkylation sites (tertiary alicyclic amines) is 1. The monoisotopic (exact) mass is 288 g/mol. The van der Waals surface area contributed by atoms with E-state index in [0.29, 0.717) is 6.04 Å². The third-order valence-electron chi connectivity index (χ3n) is 5.36. The first-order valence-corrected chi connectivity index (χ1v) is 8.38. The summed E-state index contributed by atoms with van der Waals surface area (Å²) in [4.78, 5) is 2.67. The minimum absolute atomic E-state index is 0.141. The largest absolute Gasteiger partial charge is 0.311 e. The molecule has 1 atom stereocenters. The number of rotatable bonds is 4. The lowest BCUT2D eigenvalue weighted by Gasteiger charge is -2.46. The van der Waals surface area contributed by atoms with Crippen LogP contribution < -0.4 is 5.32 Å². The van der Waals surface area contributed by atoms with Gasteiger partial charge in [-0.05, 0) is 89.9 Å². The Labute approximate surface area is 130 Å². The SMILES string of the molecule is CNC(c1cc(C)c(C)cc1C)C(C)(C)N1CCCCC1. The second-order valence-electron chi connectivity index (χ2n) is 7.22. The van der Waals surface area contributed by atoms with Crippen molar-refractivity contribution in [1.29, 1.82) is 0 Å². The average molecular weight is 288 g/mol. The Kier molecular flexibility index (Phi) is 5.11. The molecule has 0 bridgehead atoms. The van der Waals surface area contributed by atoms with E-state index >= 15 is 0 Å². The molecule has 0 aromatic heterocycles. The van der Waals surface area contributed by atoms with Gasteiger partial charge in [-0.1, -0.05) is 18.6 Å². The molecule has 0 saturated carbocycles. The molecule has 1 saturated heterocycles. The topological polar surface area (TPSA) is 15.3 Å². The van der Waals surface area contributed by atoms with Crippen molar-refractivity contribution < 1.29 is 0 Å². The number of hydrogen-bond donors (Lipinski definition) is 1. The first-order valence-electron chi connectivity index (χ1n) is 8.38. The van der Waals surface area contributed by atoms with Crippen molar-refractivity contribution in [2.75, 3.05) is 20.1 Å². The van der Waals surface area contributed by atoms with Crippen LogP contribution >= 0.6 is 0 Å². The van der Waals surface area contributed by atoms with Crippen LogP contribution in [0.5, 0.6) is 0 Å². The fourth-order valence-electron chi connectivity index (χ4n) is 3.84. The summed E-state index contributed by atoms with van der Waals surface area (Å²) in [5, 5.41) is 3.60. The lowest BCUT2D eigenvalue weighted by atomic mass is 9.82. The van der Waals surface area contributed by atoms with Gasteiger partial charge in [0.15, 0.2) is 0 Å². The van der Waals surface area contributed by atoms with E-state index in [0.717, 1.165) is 0 Å². The van der Waals surface area contributed by atoms with Gasteiger partial charge in [-0.15, -0.1) is 0 Å². The summed E-state index contributed by atoms with van der Waals surface area (Å²) in [6.07, 6.45) is 4.07. The van der Waals surface area contributed by atoms with Gasteiger partial charge in [-0.2, -0.15) is 0 Å². The van der Waals surface area contributed by atoms with Crippen LogP contribution in [-0.2, 0) is 0 Å². The average Bonchev–Trinajstić information content (AvgIpc) is 2.46. The second-order valence-corrected chi connectivity index (χ2v) is 7.22. The lowest BCUT2D eigenvalue weighted by Crippen LogP contribution is -2.53. The predicted octanol–water partition coefficient (Wildman–Crippen LogP) is 4.14. The van der Waals surface area contributed by atoms with Gasteiger partial charge in [-0.3, -0.25) is 4.90 Å². The Morgan fingerprint density at radius 2 is 1.52 bits per heavy atom. The first kappa shape index (κ1) is 16.5. The zero-order chi connectivity index (χ0) is 15.6. The smallest absolute Gasteiger partial charge is 0.0502 e. The van der Waals surface area contributed by atoms with E-state index in [-0.39, 0.29) is 5.54 Å². The molecule has 1 aromatic rings. The minimum Gasteiger partial charge on any atom is -0.311 e. The standard InChI is InChI=1S/C19H32N2/c1-14-12-16(3)17(13-15(14)2)18(20-6)19(4,5)21-10-8-7-9-11-21/h12-13,18,20H,7-11H2,1-6H3. The Balaban J connectivity index is 2.36. The van der Waals surface area contributed by atoms with E-state index in [2.05, 4.69) is 64.0 Å². The summed E-state index contributed by atoms with van der Waals surface area (Å²) in [5.41, 5.74) is 5.78.